The van der Waals surface area contributed by atoms with Crippen molar-refractivity contribution in [1.82, 2.24) is 5.32 Å². The number of rotatable bonds is 5. The molecule has 0 saturated heterocycles. The van der Waals surface area contributed by atoms with Gasteiger partial charge in [0.25, 0.3) is 5.91 Å². The van der Waals surface area contributed by atoms with Gasteiger partial charge < -0.3 is 10.6 Å². The van der Waals surface area contributed by atoms with Gasteiger partial charge in [-0.2, -0.15) is 0 Å². The van der Waals surface area contributed by atoms with E-state index in [1.807, 2.05) is 69.3 Å². The van der Waals surface area contributed by atoms with Crippen LogP contribution in [-0.4, -0.2) is 12.5 Å². The molecule has 0 spiro atoms. The number of hydrogen-bond donors (Lipinski definition) is 2. The van der Waals surface area contributed by atoms with Crippen molar-refractivity contribution in [3.05, 3.63) is 65.2 Å². The van der Waals surface area contributed by atoms with E-state index in [0.717, 1.165) is 23.4 Å². The van der Waals surface area contributed by atoms with Gasteiger partial charge in [-0.1, -0.05) is 36.4 Å². The third kappa shape index (κ3) is 3.85. The van der Waals surface area contributed by atoms with Gasteiger partial charge in [-0.15, -0.1) is 0 Å². The number of carbonyl (C=O) groups excluding carboxylic acids is 1. The summed E-state index contributed by atoms with van der Waals surface area (Å²) in [6, 6.07) is 15.8. The standard InChI is InChI=1S/C18H22N2O/c1-4-19-17-12-13(2)10-11-16(17)18(21)20-14(3)15-8-6-5-7-9-15/h5-12,14,19H,4H2,1-3H3,(H,20,21). The Balaban J connectivity index is 2.17. The van der Waals surface area contributed by atoms with E-state index in [2.05, 4.69) is 10.6 Å². The number of carbonyl (C=O) groups is 1. The fourth-order valence-electron chi connectivity index (χ4n) is 2.29. The van der Waals surface area contributed by atoms with E-state index >= 15 is 0 Å². The minimum atomic E-state index is -0.0534. The van der Waals surface area contributed by atoms with Crippen molar-refractivity contribution < 1.29 is 4.79 Å². The molecule has 2 aromatic rings. The summed E-state index contributed by atoms with van der Waals surface area (Å²) in [5, 5.41) is 6.30. The molecule has 2 rings (SSSR count). The molecule has 110 valence electrons. The molecule has 0 radical (unpaired) electrons. The fourth-order valence-corrected chi connectivity index (χ4v) is 2.29. The molecule has 0 fully saturated rings. The van der Waals surface area contributed by atoms with E-state index in [9.17, 15) is 4.79 Å². The second-order valence-corrected chi connectivity index (χ2v) is 5.19. The molecule has 0 aliphatic heterocycles. The summed E-state index contributed by atoms with van der Waals surface area (Å²) in [4.78, 5) is 12.5. The molecule has 2 aromatic carbocycles. The molecule has 2 N–H and O–H groups in total. The summed E-state index contributed by atoms with van der Waals surface area (Å²) in [6.07, 6.45) is 0. The highest BCUT2D eigenvalue weighted by Crippen LogP contribution is 2.19. The summed E-state index contributed by atoms with van der Waals surface area (Å²) in [6.45, 7) is 6.83. The third-order valence-electron chi connectivity index (χ3n) is 3.43. The molecule has 1 atom stereocenters. The number of benzene rings is 2. The van der Waals surface area contributed by atoms with Crippen LogP contribution in [0.2, 0.25) is 0 Å². The lowest BCUT2D eigenvalue weighted by molar-refractivity contribution is 0.0940. The Morgan fingerprint density at radius 1 is 1.14 bits per heavy atom. The van der Waals surface area contributed by atoms with Gasteiger partial charge in [-0.05, 0) is 44.0 Å². The predicted octanol–water partition coefficient (Wildman–Crippen LogP) is 3.92. The molecule has 3 nitrogen and oxygen atoms in total. The highest BCUT2D eigenvalue weighted by molar-refractivity contribution is 6.00. The molecule has 0 aromatic heterocycles. The molecule has 1 unspecified atom stereocenters. The second-order valence-electron chi connectivity index (χ2n) is 5.19. The first-order valence-corrected chi connectivity index (χ1v) is 7.32. The fraction of sp³-hybridized carbons (Fsp3) is 0.278. The van der Waals surface area contributed by atoms with E-state index in [1.54, 1.807) is 0 Å². The van der Waals surface area contributed by atoms with Crippen LogP contribution in [0.25, 0.3) is 0 Å². The summed E-state index contributed by atoms with van der Waals surface area (Å²) in [5.74, 6) is -0.0534. The van der Waals surface area contributed by atoms with E-state index < -0.39 is 0 Å². The summed E-state index contributed by atoms with van der Waals surface area (Å²) in [7, 11) is 0. The maximum atomic E-state index is 12.5. The first kappa shape index (κ1) is 15.1. The molecular formula is C18H22N2O. The zero-order valence-corrected chi connectivity index (χ0v) is 12.8. The van der Waals surface area contributed by atoms with Crippen molar-refractivity contribution >= 4 is 11.6 Å². The first-order valence-electron chi connectivity index (χ1n) is 7.32. The van der Waals surface area contributed by atoms with Gasteiger partial charge in [0.05, 0.1) is 11.6 Å². The SMILES string of the molecule is CCNc1cc(C)ccc1C(=O)NC(C)c1ccccc1. The molecule has 3 heteroatoms. The van der Waals surface area contributed by atoms with E-state index in [-0.39, 0.29) is 11.9 Å². The van der Waals surface area contributed by atoms with E-state index in [1.165, 1.54) is 0 Å². The molecule has 0 bridgehead atoms. The summed E-state index contributed by atoms with van der Waals surface area (Å²) < 4.78 is 0. The monoisotopic (exact) mass is 282 g/mol. The minimum absolute atomic E-state index is 0.0190. The van der Waals surface area contributed by atoms with Gasteiger partial charge in [-0.25, -0.2) is 0 Å². The van der Waals surface area contributed by atoms with Gasteiger partial charge in [0.1, 0.15) is 0 Å². The Labute approximate surface area is 126 Å². The van der Waals surface area contributed by atoms with Crippen molar-refractivity contribution in [1.29, 1.82) is 0 Å². The zero-order chi connectivity index (χ0) is 15.2. The van der Waals surface area contributed by atoms with Crippen LogP contribution in [0.1, 0.15) is 41.4 Å². The van der Waals surface area contributed by atoms with E-state index in [0.29, 0.717) is 5.56 Å². The highest BCUT2D eigenvalue weighted by Gasteiger charge is 2.14. The highest BCUT2D eigenvalue weighted by atomic mass is 16.1. The van der Waals surface area contributed by atoms with Crippen molar-refractivity contribution in [3.63, 3.8) is 0 Å². The van der Waals surface area contributed by atoms with Gasteiger partial charge in [0.15, 0.2) is 0 Å². The molecular weight excluding hydrogens is 260 g/mol. The summed E-state index contributed by atoms with van der Waals surface area (Å²) in [5.41, 5.74) is 3.81. The van der Waals surface area contributed by atoms with Crippen LogP contribution in [0.4, 0.5) is 5.69 Å². The number of anilines is 1. The number of nitrogens with one attached hydrogen (secondary N) is 2. The lowest BCUT2D eigenvalue weighted by atomic mass is 10.1. The van der Waals surface area contributed by atoms with Crippen molar-refractivity contribution in [2.24, 2.45) is 0 Å². The van der Waals surface area contributed by atoms with Crippen molar-refractivity contribution in [3.8, 4) is 0 Å². The maximum absolute atomic E-state index is 12.5. The lowest BCUT2D eigenvalue weighted by Gasteiger charge is -2.17. The molecule has 0 heterocycles. The minimum Gasteiger partial charge on any atom is -0.385 e. The van der Waals surface area contributed by atoms with Gasteiger partial charge in [0.2, 0.25) is 0 Å². The van der Waals surface area contributed by atoms with Crippen LogP contribution >= 0.6 is 0 Å². The maximum Gasteiger partial charge on any atom is 0.253 e. The Bertz CT molecular complexity index is 608. The Kier molecular flexibility index (Phi) is 4.99. The topological polar surface area (TPSA) is 41.1 Å². The largest absolute Gasteiger partial charge is 0.385 e. The first-order chi connectivity index (χ1) is 10.1. The smallest absolute Gasteiger partial charge is 0.253 e. The molecule has 1 amide bonds. The van der Waals surface area contributed by atoms with Crippen LogP contribution in [0.5, 0.6) is 0 Å². The average Bonchev–Trinajstić information content (AvgIpc) is 2.48. The van der Waals surface area contributed by atoms with Crippen molar-refractivity contribution in [2.75, 3.05) is 11.9 Å². The number of hydrogen-bond acceptors (Lipinski definition) is 2. The Hall–Kier alpha value is -2.29. The van der Waals surface area contributed by atoms with Crippen LogP contribution in [0.15, 0.2) is 48.5 Å². The normalized spacial score (nSPS) is 11.8. The summed E-state index contributed by atoms with van der Waals surface area (Å²) >= 11 is 0. The van der Waals surface area contributed by atoms with Gasteiger partial charge in [0, 0.05) is 12.2 Å². The Morgan fingerprint density at radius 2 is 1.86 bits per heavy atom. The number of amides is 1. The molecule has 0 saturated carbocycles. The third-order valence-corrected chi connectivity index (χ3v) is 3.43. The molecule has 0 aliphatic rings. The van der Waals surface area contributed by atoms with Crippen molar-refractivity contribution in [2.45, 2.75) is 26.8 Å². The molecule has 21 heavy (non-hydrogen) atoms. The van der Waals surface area contributed by atoms with Gasteiger partial charge in [-0.3, -0.25) is 4.79 Å². The lowest BCUT2D eigenvalue weighted by Crippen LogP contribution is -2.27. The predicted molar refractivity (Wildman–Crippen MR) is 87.7 cm³/mol. The molecule has 0 aliphatic carbocycles. The zero-order valence-electron chi connectivity index (χ0n) is 12.8. The quantitative estimate of drug-likeness (QED) is 0.872. The van der Waals surface area contributed by atoms with Crippen LogP contribution < -0.4 is 10.6 Å². The van der Waals surface area contributed by atoms with Crippen LogP contribution in [0, 0.1) is 6.92 Å². The van der Waals surface area contributed by atoms with Crippen LogP contribution in [-0.2, 0) is 0 Å². The van der Waals surface area contributed by atoms with Crippen LogP contribution in [0.3, 0.4) is 0 Å². The van der Waals surface area contributed by atoms with E-state index in [4.69, 9.17) is 0 Å². The second kappa shape index (κ2) is 6.93. The number of aryl methyl sites for hydroxylation is 1. The average molecular weight is 282 g/mol. The Morgan fingerprint density at radius 3 is 2.52 bits per heavy atom. The van der Waals surface area contributed by atoms with Gasteiger partial charge >= 0.3 is 0 Å².